The van der Waals surface area contributed by atoms with E-state index >= 15 is 0 Å². The molecule has 2 N–H and O–H groups in total. The van der Waals surface area contributed by atoms with Crippen LogP contribution in [0.5, 0.6) is 5.75 Å². The van der Waals surface area contributed by atoms with E-state index in [4.69, 9.17) is 11.6 Å². The zero-order chi connectivity index (χ0) is 18.1. The number of aromatic hydroxyl groups is 1. The Labute approximate surface area is 146 Å². The highest BCUT2D eigenvalue weighted by Crippen LogP contribution is 2.26. The third-order valence-corrected chi connectivity index (χ3v) is 3.75. The number of anilines is 1. The van der Waals surface area contributed by atoms with Gasteiger partial charge in [-0.2, -0.15) is 0 Å². The van der Waals surface area contributed by atoms with Crippen molar-refractivity contribution in [3.63, 3.8) is 0 Å². The minimum Gasteiger partial charge on any atom is -0.506 e. The number of imide groups is 2. The number of nitrogens with zero attached hydrogens (tertiary/aromatic N) is 1. The number of nitrogens with one attached hydrogen (secondary N) is 1. The van der Waals surface area contributed by atoms with Gasteiger partial charge in [0, 0.05) is 0 Å². The molecule has 8 heteroatoms. The van der Waals surface area contributed by atoms with E-state index in [1.54, 1.807) is 0 Å². The number of halogens is 2. The smallest absolute Gasteiger partial charge is 0.335 e. The topological polar surface area (TPSA) is 86.7 Å². The van der Waals surface area contributed by atoms with E-state index in [1.165, 1.54) is 36.4 Å². The molecule has 4 amide bonds. The van der Waals surface area contributed by atoms with Crippen molar-refractivity contribution in [2.24, 2.45) is 0 Å². The van der Waals surface area contributed by atoms with E-state index in [-0.39, 0.29) is 22.0 Å². The van der Waals surface area contributed by atoms with Crippen LogP contribution in [-0.2, 0) is 9.59 Å². The van der Waals surface area contributed by atoms with E-state index < -0.39 is 23.7 Å². The average Bonchev–Trinajstić information content (AvgIpc) is 2.54. The minimum absolute atomic E-state index is 0.00959. The standard InChI is InChI=1S/C17H10ClFN2O4/c18-13-7-9(4-5-14(13)22)6-12-15(23)20-17(25)21(16(12)24)11-3-1-2-10(19)8-11/h1-8,22H,(H,20,23,25)/b12-6+. The molecule has 1 fully saturated rings. The van der Waals surface area contributed by atoms with Gasteiger partial charge in [0.05, 0.1) is 10.7 Å². The second-order valence-electron chi connectivity index (χ2n) is 5.15. The molecule has 0 unspecified atom stereocenters. The van der Waals surface area contributed by atoms with Gasteiger partial charge in [-0.3, -0.25) is 14.9 Å². The first kappa shape index (κ1) is 16.7. The number of carbonyl (C=O) groups excluding carboxylic acids is 3. The normalized spacial score (nSPS) is 16.3. The lowest BCUT2D eigenvalue weighted by atomic mass is 10.1. The van der Waals surface area contributed by atoms with E-state index in [0.717, 1.165) is 12.1 Å². The lowest BCUT2D eigenvalue weighted by Gasteiger charge is -2.26. The Morgan fingerprint density at radius 3 is 2.56 bits per heavy atom. The highest BCUT2D eigenvalue weighted by molar-refractivity contribution is 6.39. The van der Waals surface area contributed by atoms with Crippen LogP contribution in [0.15, 0.2) is 48.0 Å². The van der Waals surface area contributed by atoms with Gasteiger partial charge >= 0.3 is 6.03 Å². The molecule has 126 valence electrons. The van der Waals surface area contributed by atoms with Crippen molar-refractivity contribution in [3.05, 3.63) is 64.4 Å². The number of benzene rings is 2. The third-order valence-electron chi connectivity index (χ3n) is 3.45. The molecule has 6 nitrogen and oxygen atoms in total. The molecule has 2 aromatic carbocycles. The highest BCUT2D eigenvalue weighted by atomic mass is 35.5. The summed E-state index contributed by atoms with van der Waals surface area (Å²) in [5.74, 6) is -2.57. The second-order valence-corrected chi connectivity index (χ2v) is 5.56. The van der Waals surface area contributed by atoms with Crippen LogP contribution in [0.1, 0.15) is 5.56 Å². The number of carbonyl (C=O) groups is 3. The molecule has 0 bridgehead atoms. The first-order valence-electron chi connectivity index (χ1n) is 7.02. The Balaban J connectivity index is 2.03. The fourth-order valence-electron chi connectivity index (χ4n) is 2.29. The Kier molecular flexibility index (Phi) is 4.24. The number of amides is 4. The van der Waals surface area contributed by atoms with Crippen molar-refractivity contribution in [1.82, 2.24) is 5.32 Å². The van der Waals surface area contributed by atoms with Crippen molar-refractivity contribution in [2.75, 3.05) is 4.90 Å². The van der Waals surface area contributed by atoms with Crippen molar-refractivity contribution in [2.45, 2.75) is 0 Å². The third kappa shape index (κ3) is 3.22. The average molecular weight is 361 g/mol. The Bertz CT molecular complexity index is 942. The fourth-order valence-corrected chi connectivity index (χ4v) is 2.48. The number of phenolic OH excluding ortho intramolecular Hbond substituents is 1. The van der Waals surface area contributed by atoms with Crippen LogP contribution < -0.4 is 10.2 Å². The molecule has 25 heavy (non-hydrogen) atoms. The van der Waals surface area contributed by atoms with Crippen molar-refractivity contribution >= 4 is 41.2 Å². The van der Waals surface area contributed by atoms with Crippen LogP contribution in [-0.4, -0.2) is 23.0 Å². The second kappa shape index (κ2) is 6.37. The summed E-state index contributed by atoms with van der Waals surface area (Å²) in [5, 5.41) is 11.5. The molecule has 1 heterocycles. The van der Waals surface area contributed by atoms with Gasteiger partial charge in [0.25, 0.3) is 11.8 Å². The molecular weight excluding hydrogens is 351 g/mol. The van der Waals surface area contributed by atoms with Crippen molar-refractivity contribution in [1.29, 1.82) is 0 Å². The van der Waals surface area contributed by atoms with E-state index in [0.29, 0.717) is 10.5 Å². The minimum atomic E-state index is -0.971. The van der Waals surface area contributed by atoms with Gasteiger partial charge in [-0.1, -0.05) is 23.7 Å². The number of hydrogen-bond acceptors (Lipinski definition) is 4. The molecule has 1 aliphatic heterocycles. The summed E-state index contributed by atoms with van der Waals surface area (Å²) in [4.78, 5) is 37.3. The van der Waals surface area contributed by atoms with E-state index in [1.807, 2.05) is 5.32 Å². The molecule has 0 aliphatic carbocycles. The summed E-state index contributed by atoms with van der Waals surface area (Å²) in [5.41, 5.74) is 0.0325. The molecule has 2 aromatic rings. The van der Waals surface area contributed by atoms with E-state index in [9.17, 15) is 23.9 Å². The number of hydrogen-bond donors (Lipinski definition) is 2. The molecule has 3 rings (SSSR count). The fraction of sp³-hybridized carbons (Fsp3) is 0. The molecule has 0 saturated carbocycles. The molecule has 0 aromatic heterocycles. The Morgan fingerprint density at radius 1 is 1.12 bits per heavy atom. The van der Waals surface area contributed by atoms with Crippen molar-refractivity contribution < 1.29 is 23.9 Å². The number of rotatable bonds is 2. The molecule has 1 saturated heterocycles. The summed E-state index contributed by atoms with van der Waals surface area (Å²) >= 11 is 5.80. The molecule has 0 spiro atoms. The molecular formula is C17H10ClFN2O4. The molecule has 1 aliphatic rings. The van der Waals surface area contributed by atoms with Crippen LogP contribution >= 0.6 is 11.6 Å². The predicted octanol–water partition coefficient (Wildman–Crippen LogP) is 2.85. The number of phenols is 1. The number of barbiturate groups is 1. The summed E-state index contributed by atoms with van der Waals surface area (Å²) in [7, 11) is 0. The first-order chi connectivity index (χ1) is 11.9. The summed E-state index contributed by atoms with van der Waals surface area (Å²) in [6.07, 6.45) is 1.22. The monoisotopic (exact) mass is 360 g/mol. The Morgan fingerprint density at radius 2 is 1.88 bits per heavy atom. The maximum Gasteiger partial charge on any atom is 0.335 e. The van der Waals surface area contributed by atoms with E-state index in [2.05, 4.69) is 0 Å². The summed E-state index contributed by atoms with van der Waals surface area (Å²) in [6.45, 7) is 0. The van der Waals surface area contributed by atoms with Crippen LogP contribution in [0, 0.1) is 5.82 Å². The Hall–Kier alpha value is -3.19. The van der Waals surface area contributed by atoms with Gasteiger partial charge in [0.2, 0.25) is 0 Å². The van der Waals surface area contributed by atoms with Gasteiger partial charge in [-0.25, -0.2) is 14.1 Å². The van der Waals surface area contributed by atoms with Gasteiger partial charge in [-0.15, -0.1) is 0 Å². The van der Waals surface area contributed by atoms with Crippen LogP contribution in [0.4, 0.5) is 14.9 Å². The SMILES string of the molecule is O=C1NC(=O)N(c2cccc(F)c2)C(=O)/C1=C/c1ccc(O)c(Cl)c1. The van der Waals surface area contributed by atoms with Gasteiger partial charge in [0.1, 0.15) is 17.1 Å². The van der Waals surface area contributed by atoms with Crippen LogP contribution in [0.25, 0.3) is 6.08 Å². The van der Waals surface area contributed by atoms with Gasteiger partial charge in [0.15, 0.2) is 0 Å². The quantitative estimate of drug-likeness (QED) is 0.637. The molecule has 0 atom stereocenters. The van der Waals surface area contributed by atoms with Gasteiger partial charge in [-0.05, 0) is 42.0 Å². The number of urea groups is 1. The summed E-state index contributed by atoms with van der Waals surface area (Å²) < 4.78 is 13.4. The highest BCUT2D eigenvalue weighted by Gasteiger charge is 2.36. The summed E-state index contributed by atoms with van der Waals surface area (Å²) in [6, 6.07) is 8.00. The maximum atomic E-state index is 13.4. The maximum absolute atomic E-state index is 13.4. The molecule has 0 radical (unpaired) electrons. The van der Waals surface area contributed by atoms with Crippen molar-refractivity contribution in [3.8, 4) is 5.75 Å². The largest absolute Gasteiger partial charge is 0.506 e. The lowest BCUT2D eigenvalue weighted by molar-refractivity contribution is -0.122. The van der Waals surface area contributed by atoms with Crippen LogP contribution in [0.3, 0.4) is 0 Å². The zero-order valence-corrected chi connectivity index (χ0v) is 13.2. The van der Waals surface area contributed by atoms with Crippen LogP contribution in [0.2, 0.25) is 5.02 Å². The van der Waals surface area contributed by atoms with Gasteiger partial charge < -0.3 is 5.11 Å². The predicted molar refractivity (Wildman–Crippen MR) is 88.5 cm³/mol. The first-order valence-corrected chi connectivity index (χ1v) is 7.40. The zero-order valence-electron chi connectivity index (χ0n) is 12.5. The lowest BCUT2D eigenvalue weighted by Crippen LogP contribution is -2.54.